The molecule has 27 heavy (non-hydrogen) atoms. The van der Waals surface area contributed by atoms with Crippen LogP contribution in [0.3, 0.4) is 0 Å². The fourth-order valence-corrected chi connectivity index (χ4v) is 2.89. The number of pyridine rings is 2. The number of halogens is 1. The Kier molecular flexibility index (Phi) is 4.61. The van der Waals surface area contributed by atoms with E-state index >= 15 is 0 Å². The predicted octanol–water partition coefficient (Wildman–Crippen LogP) is 4.84. The van der Waals surface area contributed by atoms with Crippen LogP contribution in [-0.2, 0) is 0 Å². The third-order valence-electron chi connectivity index (χ3n) is 4.30. The van der Waals surface area contributed by atoms with Crippen molar-refractivity contribution in [1.29, 1.82) is 0 Å². The quantitative estimate of drug-likeness (QED) is 0.535. The van der Waals surface area contributed by atoms with Gasteiger partial charge in [-0.2, -0.15) is 5.10 Å². The van der Waals surface area contributed by atoms with Crippen molar-refractivity contribution in [2.24, 2.45) is 0 Å². The van der Waals surface area contributed by atoms with Gasteiger partial charge in [-0.25, -0.2) is 4.39 Å². The summed E-state index contributed by atoms with van der Waals surface area (Å²) in [6.45, 7) is 1.97. The summed E-state index contributed by atoms with van der Waals surface area (Å²) in [5, 5.41) is 11.8. The lowest BCUT2D eigenvalue weighted by atomic mass is 10.1. The molecule has 0 unspecified atom stereocenters. The highest BCUT2D eigenvalue weighted by molar-refractivity contribution is 5.91. The molecule has 0 spiro atoms. The van der Waals surface area contributed by atoms with E-state index in [0.717, 1.165) is 33.5 Å². The monoisotopic (exact) mass is 359 g/mol. The Morgan fingerprint density at radius 3 is 2.85 bits per heavy atom. The van der Waals surface area contributed by atoms with Crippen LogP contribution in [0.5, 0.6) is 0 Å². The van der Waals surface area contributed by atoms with Crippen molar-refractivity contribution in [1.82, 2.24) is 20.2 Å². The highest BCUT2D eigenvalue weighted by atomic mass is 19.1. The highest BCUT2D eigenvalue weighted by Crippen LogP contribution is 2.25. The van der Waals surface area contributed by atoms with Gasteiger partial charge in [-0.3, -0.25) is 15.1 Å². The molecule has 4 rings (SSSR count). The first-order valence-corrected chi connectivity index (χ1v) is 8.63. The van der Waals surface area contributed by atoms with Crippen LogP contribution in [0.15, 0.2) is 61.1 Å². The van der Waals surface area contributed by atoms with Gasteiger partial charge in [0.1, 0.15) is 5.82 Å². The number of nitrogens with zero attached hydrogens (tertiary/aromatic N) is 3. The van der Waals surface area contributed by atoms with Gasteiger partial charge in [0, 0.05) is 23.5 Å². The molecule has 0 aliphatic rings. The van der Waals surface area contributed by atoms with Crippen LogP contribution in [-0.4, -0.2) is 20.2 Å². The van der Waals surface area contributed by atoms with E-state index < -0.39 is 0 Å². The average Bonchev–Trinajstić information content (AvgIpc) is 3.09. The van der Waals surface area contributed by atoms with E-state index in [1.165, 1.54) is 12.3 Å². The summed E-state index contributed by atoms with van der Waals surface area (Å²) in [5.41, 5.74) is 4.37. The van der Waals surface area contributed by atoms with Crippen LogP contribution < -0.4 is 5.32 Å². The summed E-state index contributed by atoms with van der Waals surface area (Å²) in [7, 11) is 0. The van der Waals surface area contributed by atoms with E-state index in [1.54, 1.807) is 12.4 Å². The number of rotatable bonds is 5. The van der Waals surface area contributed by atoms with E-state index in [2.05, 4.69) is 25.5 Å². The van der Waals surface area contributed by atoms with Gasteiger partial charge < -0.3 is 5.32 Å². The van der Waals surface area contributed by atoms with Crippen LogP contribution in [0.25, 0.3) is 23.1 Å². The lowest BCUT2D eigenvalue weighted by Crippen LogP contribution is -2.07. The number of hydrogen-bond donors (Lipinski definition) is 2. The van der Waals surface area contributed by atoms with Gasteiger partial charge in [-0.1, -0.05) is 6.07 Å². The molecule has 4 aromatic rings. The normalized spacial score (nSPS) is 12.5. The number of nitrogens with one attached hydrogen (secondary N) is 2. The molecule has 0 fully saturated rings. The summed E-state index contributed by atoms with van der Waals surface area (Å²) in [5.74, 6) is -0.339. The zero-order chi connectivity index (χ0) is 18.6. The van der Waals surface area contributed by atoms with Crippen LogP contribution in [0.2, 0.25) is 0 Å². The molecular formula is C21H18FN5. The molecule has 2 N–H and O–H groups in total. The molecule has 5 nitrogen and oxygen atoms in total. The van der Waals surface area contributed by atoms with Crippen molar-refractivity contribution < 1.29 is 4.39 Å². The molecule has 0 saturated heterocycles. The molecule has 0 aliphatic carbocycles. The molecule has 134 valence electrons. The Bertz CT molecular complexity index is 1090. The van der Waals surface area contributed by atoms with Crippen molar-refractivity contribution in [3.63, 3.8) is 0 Å². The third-order valence-corrected chi connectivity index (χ3v) is 4.30. The van der Waals surface area contributed by atoms with E-state index in [1.807, 2.05) is 55.5 Å². The van der Waals surface area contributed by atoms with Gasteiger partial charge in [0.2, 0.25) is 0 Å². The molecule has 1 aromatic carbocycles. The van der Waals surface area contributed by atoms with Crippen LogP contribution >= 0.6 is 0 Å². The zero-order valence-corrected chi connectivity index (χ0v) is 14.7. The molecule has 0 amide bonds. The molecule has 0 aliphatic heterocycles. The maximum atomic E-state index is 13.4. The first kappa shape index (κ1) is 16.9. The molecule has 3 heterocycles. The smallest absolute Gasteiger partial charge is 0.141 e. The largest absolute Gasteiger partial charge is 0.378 e. The van der Waals surface area contributed by atoms with Crippen LogP contribution in [0, 0.1) is 5.82 Å². The second-order valence-electron chi connectivity index (χ2n) is 6.26. The van der Waals surface area contributed by atoms with Gasteiger partial charge >= 0.3 is 0 Å². The molecule has 3 aromatic heterocycles. The Morgan fingerprint density at radius 2 is 2.04 bits per heavy atom. The lowest BCUT2D eigenvalue weighted by molar-refractivity contribution is 0.616. The van der Waals surface area contributed by atoms with Crippen molar-refractivity contribution in [2.45, 2.75) is 13.0 Å². The van der Waals surface area contributed by atoms with Crippen LogP contribution in [0.4, 0.5) is 10.1 Å². The Hall–Kier alpha value is -3.54. The van der Waals surface area contributed by atoms with Crippen molar-refractivity contribution >= 4 is 28.7 Å². The number of hydrogen-bond acceptors (Lipinski definition) is 4. The van der Waals surface area contributed by atoms with Crippen molar-refractivity contribution in [3.05, 3.63) is 83.8 Å². The van der Waals surface area contributed by atoms with Gasteiger partial charge in [-0.05, 0) is 61.0 Å². The Labute approximate surface area is 156 Å². The first-order valence-electron chi connectivity index (χ1n) is 8.63. The summed E-state index contributed by atoms with van der Waals surface area (Å²) < 4.78 is 13.4. The fourth-order valence-electron chi connectivity index (χ4n) is 2.89. The minimum atomic E-state index is -0.339. The molecule has 6 heteroatoms. The number of aromatic nitrogens is 4. The topological polar surface area (TPSA) is 66.5 Å². The maximum absolute atomic E-state index is 13.4. The zero-order valence-electron chi connectivity index (χ0n) is 14.7. The second kappa shape index (κ2) is 7.37. The predicted molar refractivity (Wildman–Crippen MR) is 105 cm³/mol. The SMILES string of the molecule is C[C@@H](Nc1ccc2n[nH]c(/C=C/c3ccccn3)c2c1)c1cncc(F)c1. The fraction of sp³-hybridized carbons (Fsp3) is 0.0952. The maximum Gasteiger partial charge on any atom is 0.141 e. The van der Waals surface area contributed by atoms with Gasteiger partial charge in [0.15, 0.2) is 0 Å². The molecule has 0 bridgehead atoms. The van der Waals surface area contributed by atoms with Crippen molar-refractivity contribution in [3.8, 4) is 0 Å². The van der Waals surface area contributed by atoms with Crippen molar-refractivity contribution in [2.75, 3.05) is 5.32 Å². The minimum Gasteiger partial charge on any atom is -0.378 e. The van der Waals surface area contributed by atoms with E-state index in [4.69, 9.17) is 0 Å². The van der Waals surface area contributed by atoms with Crippen LogP contribution in [0.1, 0.15) is 29.9 Å². The number of fused-ring (bicyclic) bond motifs is 1. The van der Waals surface area contributed by atoms with E-state index in [-0.39, 0.29) is 11.9 Å². The number of aromatic amines is 1. The minimum absolute atomic E-state index is 0.0786. The average molecular weight is 359 g/mol. The third kappa shape index (κ3) is 3.84. The molecule has 0 saturated carbocycles. The highest BCUT2D eigenvalue weighted by Gasteiger charge is 2.09. The molecule has 1 atom stereocenters. The lowest BCUT2D eigenvalue weighted by Gasteiger charge is -2.15. The standard InChI is InChI=1S/C21H18FN5/c1-14(15-10-16(22)13-23-12-15)25-18-6-8-21-19(11-18)20(26-27-21)7-5-17-4-2-3-9-24-17/h2-14,25H,1H3,(H,26,27)/b7-5+/t14-/m1/s1. The molecule has 0 radical (unpaired) electrons. The summed E-state index contributed by atoms with van der Waals surface area (Å²) in [6.07, 6.45) is 8.52. The molecular weight excluding hydrogens is 341 g/mol. The Morgan fingerprint density at radius 1 is 1.11 bits per heavy atom. The summed E-state index contributed by atoms with van der Waals surface area (Å²) in [4.78, 5) is 8.20. The number of H-pyrrole nitrogens is 1. The second-order valence-corrected chi connectivity index (χ2v) is 6.26. The summed E-state index contributed by atoms with van der Waals surface area (Å²) >= 11 is 0. The Balaban J connectivity index is 1.59. The van der Waals surface area contributed by atoms with E-state index in [0.29, 0.717) is 0 Å². The van der Waals surface area contributed by atoms with Gasteiger partial charge in [-0.15, -0.1) is 0 Å². The first-order chi connectivity index (χ1) is 13.2. The summed E-state index contributed by atoms with van der Waals surface area (Å²) in [6, 6.07) is 13.1. The van der Waals surface area contributed by atoms with E-state index in [9.17, 15) is 4.39 Å². The van der Waals surface area contributed by atoms with Gasteiger partial charge in [0.25, 0.3) is 0 Å². The number of benzene rings is 1. The van der Waals surface area contributed by atoms with Gasteiger partial charge in [0.05, 0.1) is 29.1 Å². The number of anilines is 1.